The standard InChI is InChI=1S/C29H32N6O2/c36-27(32-21-23-7-6-14-30-20-23)19-22-10-12-24(13-11-22)35-26-9-3-2-8-25(26)28(33-35)29(37)31-15-18-34-16-4-1-5-17-34/h2-3,6-14,20H,1,4-5,15-19,21H2,(H,31,37)(H,32,36). The van der Waals surface area contributed by atoms with Gasteiger partial charge in [0.2, 0.25) is 5.91 Å². The van der Waals surface area contributed by atoms with Gasteiger partial charge in [0.05, 0.1) is 17.6 Å². The topological polar surface area (TPSA) is 92.2 Å². The lowest BCUT2D eigenvalue weighted by atomic mass is 10.1. The average molecular weight is 497 g/mol. The van der Waals surface area contributed by atoms with Crippen molar-refractivity contribution in [2.24, 2.45) is 0 Å². The molecule has 1 saturated heterocycles. The molecule has 0 saturated carbocycles. The molecule has 8 heteroatoms. The summed E-state index contributed by atoms with van der Waals surface area (Å²) in [6, 6.07) is 19.3. The summed E-state index contributed by atoms with van der Waals surface area (Å²) >= 11 is 0. The monoisotopic (exact) mass is 496 g/mol. The zero-order valence-corrected chi connectivity index (χ0v) is 20.9. The third kappa shape index (κ3) is 6.21. The van der Waals surface area contributed by atoms with Crippen LogP contribution in [0.3, 0.4) is 0 Å². The molecule has 4 aromatic rings. The van der Waals surface area contributed by atoms with Crippen molar-refractivity contribution in [2.75, 3.05) is 26.2 Å². The van der Waals surface area contributed by atoms with Gasteiger partial charge in [0.1, 0.15) is 0 Å². The van der Waals surface area contributed by atoms with Gasteiger partial charge >= 0.3 is 0 Å². The second-order valence-electron chi connectivity index (χ2n) is 9.42. The van der Waals surface area contributed by atoms with Gasteiger partial charge in [0.15, 0.2) is 5.69 Å². The molecule has 2 aromatic heterocycles. The fraction of sp³-hybridized carbons (Fsp3) is 0.310. The highest BCUT2D eigenvalue weighted by Crippen LogP contribution is 2.22. The first kappa shape index (κ1) is 24.6. The number of fused-ring (bicyclic) bond motifs is 1. The first-order chi connectivity index (χ1) is 18.2. The number of para-hydroxylation sites is 1. The molecule has 0 unspecified atom stereocenters. The van der Waals surface area contributed by atoms with Crippen LogP contribution in [-0.4, -0.2) is 57.7 Å². The van der Waals surface area contributed by atoms with E-state index in [9.17, 15) is 9.59 Å². The maximum absolute atomic E-state index is 13.0. The number of hydrogen-bond acceptors (Lipinski definition) is 5. The Morgan fingerprint density at radius 2 is 1.68 bits per heavy atom. The molecule has 2 amide bonds. The molecule has 0 bridgehead atoms. The van der Waals surface area contributed by atoms with E-state index in [0.29, 0.717) is 18.8 Å². The number of benzene rings is 2. The minimum absolute atomic E-state index is 0.0512. The lowest BCUT2D eigenvalue weighted by Crippen LogP contribution is -2.37. The Hall–Kier alpha value is -4.04. The quantitative estimate of drug-likeness (QED) is 0.370. The first-order valence-electron chi connectivity index (χ1n) is 12.9. The van der Waals surface area contributed by atoms with Gasteiger partial charge in [-0.05, 0) is 61.3 Å². The van der Waals surface area contributed by atoms with Crippen molar-refractivity contribution in [3.63, 3.8) is 0 Å². The molecule has 0 aliphatic carbocycles. The molecule has 2 aromatic carbocycles. The Labute approximate surface area is 216 Å². The molecule has 0 radical (unpaired) electrons. The number of pyridine rings is 1. The van der Waals surface area contributed by atoms with Gasteiger partial charge in [-0.1, -0.05) is 42.8 Å². The van der Waals surface area contributed by atoms with E-state index >= 15 is 0 Å². The molecule has 8 nitrogen and oxygen atoms in total. The number of piperidine rings is 1. The number of nitrogens with zero attached hydrogens (tertiary/aromatic N) is 4. The molecular formula is C29H32N6O2. The van der Waals surface area contributed by atoms with Crippen molar-refractivity contribution >= 4 is 22.7 Å². The van der Waals surface area contributed by atoms with Crippen LogP contribution in [0.2, 0.25) is 0 Å². The highest BCUT2D eigenvalue weighted by atomic mass is 16.2. The normalized spacial score (nSPS) is 13.9. The van der Waals surface area contributed by atoms with Crippen molar-refractivity contribution in [3.8, 4) is 5.69 Å². The predicted octanol–water partition coefficient (Wildman–Crippen LogP) is 3.50. The molecule has 3 heterocycles. The Morgan fingerprint density at radius 1 is 0.865 bits per heavy atom. The number of likely N-dealkylation sites (tertiary alicyclic amines) is 1. The molecule has 1 aliphatic heterocycles. The Kier molecular flexibility index (Phi) is 7.86. The number of amides is 2. The zero-order chi connectivity index (χ0) is 25.5. The van der Waals surface area contributed by atoms with E-state index in [1.54, 1.807) is 17.1 Å². The van der Waals surface area contributed by atoms with Crippen molar-refractivity contribution in [3.05, 3.63) is 89.9 Å². The summed E-state index contributed by atoms with van der Waals surface area (Å²) in [5, 5.41) is 11.5. The predicted molar refractivity (Wildman–Crippen MR) is 143 cm³/mol. The highest BCUT2D eigenvalue weighted by molar-refractivity contribution is 6.05. The van der Waals surface area contributed by atoms with Crippen LogP contribution >= 0.6 is 0 Å². The number of nitrogens with one attached hydrogen (secondary N) is 2. The lowest BCUT2D eigenvalue weighted by Gasteiger charge is -2.26. The van der Waals surface area contributed by atoms with Crippen LogP contribution in [-0.2, 0) is 17.8 Å². The average Bonchev–Trinajstić information content (AvgIpc) is 3.33. The minimum Gasteiger partial charge on any atom is -0.352 e. The maximum Gasteiger partial charge on any atom is 0.272 e. The summed E-state index contributed by atoms with van der Waals surface area (Å²) in [7, 11) is 0. The summed E-state index contributed by atoms with van der Waals surface area (Å²) in [6.45, 7) is 4.14. The van der Waals surface area contributed by atoms with Crippen LogP contribution in [0.25, 0.3) is 16.6 Å². The lowest BCUT2D eigenvalue weighted by molar-refractivity contribution is -0.120. The Balaban J connectivity index is 1.24. The minimum atomic E-state index is -0.158. The van der Waals surface area contributed by atoms with Crippen LogP contribution < -0.4 is 10.6 Å². The third-order valence-corrected chi connectivity index (χ3v) is 6.72. The van der Waals surface area contributed by atoms with Crippen molar-refractivity contribution < 1.29 is 9.59 Å². The number of aromatic nitrogens is 3. The van der Waals surface area contributed by atoms with E-state index in [2.05, 4.69) is 25.6 Å². The Morgan fingerprint density at radius 3 is 2.46 bits per heavy atom. The van der Waals surface area contributed by atoms with Gasteiger partial charge in [-0.25, -0.2) is 4.68 Å². The Bertz CT molecular complexity index is 1340. The van der Waals surface area contributed by atoms with E-state index in [1.807, 2.05) is 60.7 Å². The van der Waals surface area contributed by atoms with Gasteiger partial charge in [0.25, 0.3) is 5.91 Å². The summed E-state index contributed by atoms with van der Waals surface area (Å²) in [5.74, 6) is -0.210. The van der Waals surface area contributed by atoms with Gasteiger partial charge in [0, 0.05) is 37.4 Å². The molecule has 37 heavy (non-hydrogen) atoms. The van der Waals surface area contributed by atoms with E-state index < -0.39 is 0 Å². The van der Waals surface area contributed by atoms with Gasteiger partial charge in [-0.2, -0.15) is 5.10 Å². The molecule has 0 spiro atoms. The summed E-state index contributed by atoms with van der Waals surface area (Å²) < 4.78 is 1.79. The number of hydrogen-bond donors (Lipinski definition) is 2. The second kappa shape index (κ2) is 11.8. The number of carbonyl (C=O) groups is 2. The number of carbonyl (C=O) groups excluding carboxylic acids is 2. The summed E-state index contributed by atoms with van der Waals surface area (Å²) in [5.41, 5.74) is 3.99. The van der Waals surface area contributed by atoms with Crippen LogP contribution in [0.4, 0.5) is 0 Å². The SMILES string of the molecule is O=C(Cc1ccc(-n2nc(C(=O)NCCN3CCCCC3)c3ccccc32)cc1)NCc1cccnc1. The smallest absolute Gasteiger partial charge is 0.272 e. The summed E-state index contributed by atoms with van der Waals surface area (Å²) in [4.78, 5) is 31.9. The van der Waals surface area contributed by atoms with Crippen molar-refractivity contribution in [1.82, 2.24) is 30.3 Å². The maximum atomic E-state index is 13.0. The van der Waals surface area contributed by atoms with Gasteiger partial charge in [-0.15, -0.1) is 0 Å². The molecule has 1 fully saturated rings. The first-order valence-corrected chi connectivity index (χ1v) is 12.9. The second-order valence-corrected chi connectivity index (χ2v) is 9.42. The van der Waals surface area contributed by atoms with Crippen molar-refractivity contribution in [1.29, 1.82) is 0 Å². The molecule has 1 aliphatic rings. The zero-order valence-electron chi connectivity index (χ0n) is 20.9. The fourth-order valence-electron chi connectivity index (χ4n) is 4.73. The fourth-order valence-corrected chi connectivity index (χ4v) is 4.73. The summed E-state index contributed by atoms with van der Waals surface area (Å²) in [6.07, 6.45) is 7.50. The van der Waals surface area contributed by atoms with Crippen molar-refractivity contribution in [2.45, 2.75) is 32.2 Å². The van der Waals surface area contributed by atoms with Crippen LogP contribution in [0.5, 0.6) is 0 Å². The molecule has 0 atom stereocenters. The van der Waals surface area contributed by atoms with E-state index in [-0.39, 0.29) is 18.2 Å². The molecule has 5 rings (SSSR count). The molecule has 2 N–H and O–H groups in total. The largest absolute Gasteiger partial charge is 0.352 e. The number of rotatable bonds is 9. The van der Waals surface area contributed by atoms with E-state index in [4.69, 9.17) is 0 Å². The van der Waals surface area contributed by atoms with Crippen LogP contribution in [0.1, 0.15) is 40.9 Å². The van der Waals surface area contributed by atoms with Gasteiger partial charge < -0.3 is 15.5 Å². The highest BCUT2D eigenvalue weighted by Gasteiger charge is 2.18. The molecular weight excluding hydrogens is 464 g/mol. The van der Waals surface area contributed by atoms with E-state index in [1.165, 1.54) is 19.3 Å². The van der Waals surface area contributed by atoms with Crippen LogP contribution in [0, 0.1) is 0 Å². The molecule has 190 valence electrons. The van der Waals surface area contributed by atoms with Gasteiger partial charge in [-0.3, -0.25) is 14.6 Å². The third-order valence-electron chi connectivity index (χ3n) is 6.72. The van der Waals surface area contributed by atoms with E-state index in [0.717, 1.165) is 47.4 Å². The van der Waals surface area contributed by atoms with Crippen LogP contribution in [0.15, 0.2) is 73.1 Å².